The van der Waals surface area contributed by atoms with E-state index in [1.54, 1.807) is 0 Å². The quantitative estimate of drug-likeness (QED) is 0.372. The first kappa shape index (κ1) is 19.0. The molecule has 4 aliphatic carbocycles. The van der Waals surface area contributed by atoms with Gasteiger partial charge in [-0.25, -0.2) is 0 Å². The molecular weight excluding hydrogens is 384 g/mol. The number of carbonyl (C=O) groups excluding carboxylic acids is 3. The zero-order valence-corrected chi connectivity index (χ0v) is 18.0. The lowest BCUT2D eigenvalue weighted by Crippen LogP contribution is -2.62. The van der Waals surface area contributed by atoms with Crippen LogP contribution in [0, 0.1) is 28.6 Å². The molecule has 2 spiro atoms. The molecule has 2 saturated heterocycles. The van der Waals surface area contributed by atoms with Crippen LogP contribution < -0.4 is 0 Å². The normalized spacial score (nSPS) is 53.2. The third kappa shape index (κ3) is 1.94. The molecule has 2 aliphatic heterocycles. The van der Waals surface area contributed by atoms with E-state index in [1.807, 2.05) is 0 Å². The summed E-state index contributed by atoms with van der Waals surface area (Å²) in [6.45, 7) is 4.50. The number of fused-ring (bicyclic) bond motifs is 4. The van der Waals surface area contributed by atoms with Crippen molar-refractivity contribution < 1.29 is 28.6 Å². The molecule has 0 radical (unpaired) electrons. The van der Waals surface area contributed by atoms with Crippen LogP contribution in [-0.4, -0.2) is 42.1 Å². The maximum Gasteiger partial charge on any atom is 0.312 e. The Balaban J connectivity index is 1.50. The van der Waals surface area contributed by atoms with Gasteiger partial charge >= 0.3 is 11.9 Å². The lowest BCUT2D eigenvalue weighted by Gasteiger charge is -2.57. The van der Waals surface area contributed by atoms with Gasteiger partial charge in [-0.15, -0.1) is 0 Å². The van der Waals surface area contributed by atoms with Crippen LogP contribution in [0.25, 0.3) is 0 Å². The molecule has 6 nitrogen and oxygen atoms in total. The number of hydrogen-bond donors (Lipinski definition) is 0. The lowest BCUT2D eigenvalue weighted by atomic mass is 9.44. The van der Waals surface area contributed by atoms with E-state index in [2.05, 4.69) is 19.9 Å². The number of ketones is 1. The van der Waals surface area contributed by atoms with Gasteiger partial charge in [0.2, 0.25) is 0 Å². The van der Waals surface area contributed by atoms with Crippen LogP contribution in [0.5, 0.6) is 0 Å². The number of Topliss-reactive ketones (excluding diaryl/α,β-unsaturated/α-hetero) is 1. The molecule has 0 bridgehead atoms. The Hall–Kier alpha value is -1.69. The summed E-state index contributed by atoms with van der Waals surface area (Å²) in [6, 6.07) is 0. The second-order valence-electron chi connectivity index (χ2n) is 10.9. The highest BCUT2D eigenvalue weighted by Crippen LogP contribution is 2.77. The number of rotatable bonds is 1. The first-order chi connectivity index (χ1) is 14.2. The third-order valence-electron chi connectivity index (χ3n) is 10.2. The molecule has 6 heteroatoms. The van der Waals surface area contributed by atoms with Gasteiger partial charge < -0.3 is 14.2 Å². The van der Waals surface area contributed by atoms with Crippen molar-refractivity contribution in [1.82, 2.24) is 0 Å². The fourth-order valence-electron chi connectivity index (χ4n) is 8.59. The predicted octanol–water partition coefficient (Wildman–Crippen LogP) is 3.12. The fraction of sp³-hybridized carbons (Fsp3) is 0.792. The van der Waals surface area contributed by atoms with E-state index in [0.29, 0.717) is 19.3 Å². The van der Waals surface area contributed by atoms with Gasteiger partial charge in [0.25, 0.3) is 0 Å². The molecule has 30 heavy (non-hydrogen) atoms. The number of carbonyl (C=O) groups is 3. The van der Waals surface area contributed by atoms with Gasteiger partial charge in [0.15, 0.2) is 0 Å². The van der Waals surface area contributed by atoms with E-state index in [1.165, 1.54) is 7.11 Å². The van der Waals surface area contributed by atoms with Crippen molar-refractivity contribution in [3.05, 3.63) is 11.6 Å². The highest BCUT2D eigenvalue weighted by molar-refractivity contribution is 5.84. The van der Waals surface area contributed by atoms with E-state index in [4.69, 9.17) is 14.2 Å². The number of hydrogen-bond acceptors (Lipinski definition) is 6. The second kappa shape index (κ2) is 5.56. The standard InChI is InChI=1S/C24H30O6/c1-21-7-4-14(25)10-13(21)11-15(20(27)28-3)19-16-5-8-23(9-6-18(26)30-23)22(16,2)12-17-24(19,21)29-17/h11,15-17,19H,4-10,12H2,1-3H3/t15-,16+,17-,19+,21+,22+,23?,24-/m1/s1. The third-order valence-corrected chi connectivity index (χ3v) is 10.2. The van der Waals surface area contributed by atoms with Crippen LogP contribution in [0.2, 0.25) is 0 Å². The molecule has 0 aromatic rings. The Morgan fingerprint density at radius 3 is 2.67 bits per heavy atom. The first-order valence-electron chi connectivity index (χ1n) is 11.4. The van der Waals surface area contributed by atoms with Crippen molar-refractivity contribution >= 4 is 17.7 Å². The van der Waals surface area contributed by atoms with Crippen LogP contribution in [0.3, 0.4) is 0 Å². The summed E-state index contributed by atoms with van der Waals surface area (Å²) in [4.78, 5) is 37.4. The van der Waals surface area contributed by atoms with Crippen molar-refractivity contribution in [2.45, 2.75) is 82.5 Å². The maximum atomic E-state index is 13.0. The van der Waals surface area contributed by atoms with Crippen molar-refractivity contribution in [2.75, 3.05) is 7.11 Å². The smallest absolute Gasteiger partial charge is 0.312 e. The van der Waals surface area contributed by atoms with Gasteiger partial charge in [-0.1, -0.05) is 25.5 Å². The minimum absolute atomic E-state index is 0.00525. The van der Waals surface area contributed by atoms with E-state index in [0.717, 1.165) is 37.7 Å². The SMILES string of the molecule is COC(=O)[C@@H]1C=C2CC(=O)CC[C@]2(C)[C@@]23O[C@@H]2C[C@@]2(C)[C@@H](CCC24CCC(=O)O4)[C@H]13. The first-order valence-corrected chi connectivity index (χ1v) is 11.4. The molecule has 1 unspecified atom stereocenters. The van der Waals surface area contributed by atoms with Crippen molar-refractivity contribution in [2.24, 2.45) is 28.6 Å². The highest BCUT2D eigenvalue weighted by atomic mass is 16.6. The number of epoxide rings is 1. The minimum atomic E-state index is -0.430. The van der Waals surface area contributed by atoms with Gasteiger partial charge in [0, 0.05) is 36.0 Å². The van der Waals surface area contributed by atoms with Gasteiger partial charge in [0.1, 0.15) is 17.0 Å². The molecule has 5 fully saturated rings. The van der Waals surface area contributed by atoms with E-state index >= 15 is 0 Å². The van der Waals surface area contributed by atoms with Gasteiger partial charge in [-0.05, 0) is 38.0 Å². The largest absolute Gasteiger partial charge is 0.469 e. The molecule has 8 atom stereocenters. The molecule has 0 aromatic heterocycles. The zero-order valence-electron chi connectivity index (χ0n) is 18.0. The summed E-state index contributed by atoms with van der Waals surface area (Å²) in [5, 5.41) is 0. The summed E-state index contributed by atoms with van der Waals surface area (Å²) in [5.41, 5.74) is -0.191. The van der Waals surface area contributed by atoms with E-state index in [-0.39, 0.29) is 46.5 Å². The van der Waals surface area contributed by atoms with Crippen molar-refractivity contribution in [3.63, 3.8) is 0 Å². The fourth-order valence-corrected chi connectivity index (χ4v) is 8.59. The Kier molecular flexibility index (Phi) is 3.53. The Labute approximate surface area is 176 Å². The van der Waals surface area contributed by atoms with Crippen molar-refractivity contribution in [3.8, 4) is 0 Å². The molecular formula is C24H30O6. The molecule has 6 aliphatic rings. The van der Waals surface area contributed by atoms with Crippen LogP contribution in [0.4, 0.5) is 0 Å². The molecule has 6 rings (SSSR count). The average molecular weight is 414 g/mol. The second-order valence-corrected chi connectivity index (χ2v) is 10.9. The molecule has 0 N–H and O–H groups in total. The molecule has 0 aromatic carbocycles. The summed E-state index contributed by atoms with van der Waals surface area (Å²) >= 11 is 0. The number of esters is 2. The van der Waals surface area contributed by atoms with E-state index in [9.17, 15) is 14.4 Å². The van der Waals surface area contributed by atoms with Crippen LogP contribution in [0.15, 0.2) is 11.6 Å². The predicted molar refractivity (Wildman–Crippen MR) is 105 cm³/mol. The zero-order chi connectivity index (χ0) is 21.1. The van der Waals surface area contributed by atoms with E-state index < -0.39 is 17.1 Å². The summed E-state index contributed by atoms with van der Waals surface area (Å²) in [7, 11) is 1.44. The summed E-state index contributed by atoms with van der Waals surface area (Å²) < 4.78 is 17.9. The Morgan fingerprint density at radius 1 is 1.17 bits per heavy atom. The van der Waals surface area contributed by atoms with Crippen molar-refractivity contribution in [1.29, 1.82) is 0 Å². The Morgan fingerprint density at radius 2 is 1.97 bits per heavy atom. The molecule has 3 saturated carbocycles. The number of methoxy groups -OCH3 is 1. The van der Waals surface area contributed by atoms with Gasteiger partial charge in [-0.2, -0.15) is 0 Å². The van der Waals surface area contributed by atoms with Crippen LogP contribution >= 0.6 is 0 Å². The van der Waals surface area contributed by atoms with Crippen LogP contribution in [-0.2, 0) is 28.6 Å². The van der Waals surface area contributed by atoms with Gasteiger partial charge in [-0.3, -0.25) is 14.4 Å². The van der Waals surface area contributed by atoms with Crippen LogP contribution in [0.1, 0.15) is 65.2 Å². The average Bonchev–Trinajstić information content (AvgIpc) is 3.20. The summed E-state index contributed by atoms with van der Waals surface area (Å²) in [6.07, 6.45) is 7.74. The van der Waals surface area contributed by atoms with Gasteiger partial charge in [0.05, 0.1) is 19.1 Å². The molecule has 0 amide bonds. The lowest BCUT2D eigenvalue weighted by molar-refractivity contribution is -0.169. The number of ether oxygens (including phenoxy) is 3. The Bertz CT molecular complexity index is 907. The minimum Gasteiger partial charge on any atom is -0.469 e. The molecule has 2 heterocycles. The maximum absolute atomic E-state index is 13.0. The summed E-state index contributed by atoms with van der Waals surface area (Å²) in [5.74, 6) is -0.292. The molecule has 162 valence electrons. The highest BCUT2D eigenvalue weighted by Gasteiger charge is 2.83. The topological polar surface area (TPSA) is 82.2 Å². The monoisotopic (exact) mass is 414 g/mol.